The van der Waals surface area contributed by atoms with Crippen LogP contribution in [0.25, 0.3) is 0 Å². The Morgan fingerprint density at radius 3 is 2.51 bits per heavy atom. The molecule has 0 atom stereocenters. The lowest BCUT2D eigenvalue weighted by Gasteiger charge is -2.32. The fourth-order valence-electron chi connectivity index (χ4n) is 5.08. The van der Waals surface area contributed by atoms with E-state index < -0.39 is 10.0 Å². The number of pyridine rings is 1. The van der Waals surface area contributed by atoms with Gasteiger partial charge in [0, 0.05) is 44.3 Å². The van der Waals surface area contributed by atoms with Crippen molar-refractivity contribution in [3.63, 3.8) is 0 Å². The highest BCUT2D eigenvalue weighted by atomic mass is 35.5. The summed E-state index contributed by atoms with van der Waals surface area (Å²) in [6.45, 7) is 6.15. The SMILES string of the molecule is Cc1cc(S(=O)(=O)N(C)c2ccccc2CCC(=O)NCCC2CCN(c3ccccn3)CC2)c(C)cc1Cl. The third kappa shape index (κ3) is 7.11. The van der Waals surface area contributed by atoms with Crippen molar-refractivity contribution in [1.29, 1.82) is 0 Å². The number of aryl methyl sites for hydroxylation is 3. The molecule has 7 nitrogen and oxygen atoms in total. The molecule has 3 aromatic rings. The Morgan fingerprint density at radius 2 is 1.79 bits per heavy atom. The summed E-state index contributed by atoms with van der Waals surface area (Å²) < 4.78 is 28.3. The van der Waals surface area contributed by atoms with Gasteiger partial charge in [0.1, 0.15) is 5.82 Å². The Hall–Kier alpha value is -3.10. The molecular weight excluding hydrogens is 532 g/mol. The van der Waals surface area contributed by atoms with Crippen molar-refractivity contribution >= 4 is 39.0 Å². The molecule has 1 N–H and O–H groups in total. The van der Waals surface area contributed by atoms with E-state index in [0.717, 1.165) is 43.7 Å². The van der Waals surface area contributed by atoms with Crippen LogP contribution in [0.5, 0.6) is 0 Å². The molecule has 0 spiro atoms. The highest BCUT2D eigenvalue weighted by Gasteiger charge is 2.26. The predicted molar refractivity (Wildman–Crippen MR) is 158 cm³/mol. The van der Waals surface area contributed by atoms with Crippen molar-refractivity contribution in [1.82, 2.24) is 10.3 Å². The van der Waals surface area contributed by atoms with E-state index in [4.69, 9.17) is 11.6 Å². The van der Waals surface area contributed by atoms with Gasteiger partial charge in [-0.1, -0.05) is 35.9 Å². The molecule has 0 bridgehead atoms. The topological polar surface area (TPSA) is 82.6 Å². The molecule has 0 radical (unpaired) electrons. The number of piperidine rings is 1. The van der Waals surface area contributed by atoms with Crippen LogP contribution in [0.15, 0.2) is 65.7 Å². The highest BCUT2D eigenvalue weighted by molar-refractivity contribution is 7.92. The van der Waals surface area contributed by atoms with Gasteiger partial charge in [-0.3, -0.25) is 9.10 Å². The molecule has 39 heavy (non-hydrogen) atoms. The summed E-state index contributed by atoms with van der Waals surface area (Å²) in [7, 11) is -2.25. The number of nitrogens with one attached hydrogen (secondary N) is 1. The van der Waals surface area contributed by atoms with Gasteiger partial charge in [-0.05, 0) is 92.5 Å². The highest BCUT2D eigenvalue weighted by Crippen LogP contribution is 2.30. The Labute approximate surface area is 237 Å². The van der Waals surface area contributed by atoms with Gasteiger partial charge in [-0.25, -0.2) is 13.4 Å². The van der Waals surface area contributed by atoms with Crippen LogP contribution in [0, 0.1) is 19.8 Å². The third-order valence-electron chi connectivity index (χ3n) is 7.51. The third-order valence-corrected chi connectivity index (χ3v) is 9.83. The molecule has 0 saturated carbocycles. The quantitative estimate of drug-likeness (QED) is 0.347. The van der Waals surface area contributed by atoms with Crippen LogP contribution in [-0.2, 0) is 21.2 Å². The van der Waals surface area contributed by atoms with Gasteiger partial charge >= 0.3 is 0 Å². The standard InChI is InChI=1S/C30H37ClN4O3S/c1-22-21-28(23(2)20-26(22)31)39(37,38)34(3)27-9-5-4-8-25(27)11-12-30(36)33-17-13-24-14-18-35(19-15-24)29-10-6-7-16-32-29/h4-10,16,20-21,24H,11-15,17-19H2,1-3H3,(H,33,36). The van der Waals surface area contributed by atoms with Crippen molar-refractivity contribution in [3.8, 4) is 0 Å². The molecule has 1 fully saturated rings. The number of carbonyl (C=O) groups is 1. The minimum absolute atomic E-state index is 0.0228. The van der Waals surface area contributed by atoms with Gasteiger partial charge in [0.05, 0.1) is 10.6 Å². The Kier molecular flexibility index (Phi) is 9.51. The molecule has 4 rings (SSSR count). The van der Waals surface area contributed by atoms with Crippen molar-refractivity contribution in [3.05, 3.63) is 82.5 Å². The van der Waals surface area contributed by atoms with E-state index >= 15 is 0 Å². The molecule has 0 aliphatic carbocycles. The second kappa shape index (κ2) is 12.8. The number of halogens is 1. The molecule has 2 aromatic carbocycles. The number of rotatable bonds is 10. The molecule has 2 heterocycles. The molecule has 208 valence electrons. The Morgan fingerprint density at radius 1 is 1.08 bits per heavy atom. The lowest BCUT2D eigenvalue weighted by atomic mass is 9.93. The number of para-hydroxylation sites is 1. The average molecular weight is 569 g/mol. The summed E-state index contributed by atoms with van der Waals surface area (Å²) in [4.78, 5) is 19.6. The number of hydrogen-bond acceptors (Lipinski definition) is 5. The number of aromatic nitrogens is 1. The summed E-state index contributed by atoms with van der Waals surface area (Å²) in [6, 6.07) is 16.6. The number of hydrogen-bond donors (Lipinski definition) is 1. The van der Waals surface area contributed by atoms with Crippen molar-refractivity contribution in [2.75, 3.05) is 35.9 Å². The minimum atomic E-state index is -3.80. The van der Waals surface area contributed by atoms with Gasteiger partial charge < -0.3 is 10.2 Å². The van der Waals surface area contributed by atoms with Crippen molar-refractivity contribution in [2.24, 2.45) is 5.92 Å². The Bertz CT molecular complexity index is 1390. The van der Waals surface area contributed by atoms with Gasteiger partial charge in [-0.2, -0.15) is 0 Å². The number of carbonyl (C=O) groups excluding carboxylic acids is 1. The first-order chi connectivity index (χ1) is 18.7. The normalized spacial score (nSPS) is 14.3. The van der Waals surface area contributed by atoms with Gasteiger partial charge in [0.25, 0.3) is 10.0 Å². The van der Waals surface area contributed by atoms with Crippen LogP contribution in [0.1, 0.15) is 42.4 Å². The van der Waals surface area contributed by atoms with Crippen LogP contribution >= 0.6 is 11.6 Å². The summed E-state index contributed by atoms with van der Waals surface area (Å²) >= 11 is 6.19. The molecule has 1 saturated heterocycles. The fraction of sp³-hybridized carbons (Fsp3) is 0.400. The molecule has 1 aromatic heterocycles. The Balaban J connectivity index is 1.29. The van der Waals surface area contributed by atoms with E-state index in [1.807, 2.05) is 42.6 Å². The zero-order chi connectivity index (χ0) is 28.0. The summed E-state index contributed by atoms with van der Waals surface area (Å²) in [6.07, 6.45) is 5.71. The number of benzene rings is 2. The molecular formula is C30H37ClN4O3S. The monoisotopic (exact) mass is 568 g/mol. The van der Waals surface area contributed by atoms with Crippen LogP contribution in [0.4, 0.5) is 11.5 Å². The van der Waals surface area contributed by atoms with E-state index in [-0.39, 0.29) is 10.8 Å². The van der Waals surface area contributed by atoms with Crippen LogP contribution in [0.2, 0.25) is 5.02 Å². The predicted octanol–water partition coefficient (Wildman–Crippen LogP) is 5.53. The maximum Gasteiger partial charge on any atom is 0.264 e. The minimum Gasteiger partial charge on any atom is -0.357 e. The van der Waals surface area contributed by atoms with Crippen molar-refractivity contribution in [2.45, 2.75) is 50.8 Å². The zero-order valence-electron chi connectivity index (χ0n) is 22.9. The van der Waals surface area contributed by atoms with E-state index in [0.29, 0.717) is 47.1 Å². The molecule has 9 heteroatoms. The molecule has 1 amide bonds. The largest absolute Gasteiger partial charge is 0.357 e. The second-order valence-corrected chi connectivity index (χ2v) is 12.6. The summed E-state index contributed by atoms with van der Waals surface area (Å²) in [5.41, 5.74) is 2.68. The molecule has 1 aliphatic heterocycles. The lowest BCUT2D eigenvalue weighted by Crippen LogP contribution is -2.35. The number of anilines is 2. The van der Waals surface area contributed by atoms with E-state index in [1.54, 1.807) is 39.1 Å². The summed E-state index contributed by atoms with van der Waals surface area (Å²) in [5, 5.41) is 3.60. The first-order valence-corrected chi connectivity index (χ1v) is 15.2. The molecule has 0 unspecified atom stereocenters. The van der Waals surface area contributed by atoms with Crippen LogP contribution in [-0.4, -0.2) is 46.0 Å². The smallest absolute Gasteiger partial charge is 0.264 e. The maximum atomic E-state index is 13.5. The second-order valence-electron chi connectivity index (χ2n) is 10.2. The first kappa shape index (κ1) is 28.9. The fourth-order valence-corrected chi connectivity index (χ4v) is 6.82. The lowest BCUT2D eigenvalue weighted by molar-refractivity contribution is -0.121. The van der Waals surface area contributed by atoms with E-state index in [2.05, 4.69) is 15.2 Å². The van der Waals surface area contributed by atoms with Crippen molar-refractivity contribution < 1.29 is 13.2 Å². The number of sulfonamides is 1. The average Bonchev–Trinajstić information content (AvgIpc) is 2.94. The zero-order valence-corrected chi connectivity index (χ0v) is 24.4. The van der Waals surface area contributed by atoms with E-state index in [9.17, 15) is 13.2 Å². The first-order valence-electron chi connectivity index (χ1n) is 13.4. The van der Waals surface area contributed by atoms with E-state index in [1.165, 1.54) is 4.31 Å². The van der Waals surface area contributed by atoms with Gasteiger partial charge in [0.15, 0.2) is 0 Å². The van der Waals surface area contributed by atoms with Crippen LogP contribution < -0.4 is 14.5 Å². The maximum absolute atomic E-state index is 13.5. The summed E-state index contributed by atoms with van der Waals surface area (Å²) in [5.74, 6) is 1.59. The van der Waals surface area contributed by atoms with Gasteiger partial charge in [-0.15, -0.1) is 0 Å². The van der Waals surface area contributed by atoms with Crippen LogP contribution in [0.3, 0.4) is 0 Å². The van der Waals surface area contributed by atoms with Gasteiger partial charge in [0.2, 0.25) is 5.91 Å². The number of nitrogens with zero attached hydrogens (tertiary/aromatic N) is 3. The number of amides is 1. The molecule has 1 aliphatic rings.